The Bertz CT molecular complexity index is 1060. The number of benzene rings is 2. The highest BCUT2D eigenvalue weighted by Gasteiger charge is 2.38. The molecule has 0 saturated carbocycles. The molecule has 7 nitrogen and oxygen atoms in total. The fourth-order valence-corrected chi connectivity index (χ4v) is 4.33. The molecule has 3 aromatic rings. The number of hydrogen-bond donors (Lipinski definition) is 2. The van der Waals surface area contributed by atoms with Crippen LogP contribution >= 0.6 is 0 Å². The quantitative estimate of drug-likeness (QED) is 0.717. The molecule has 0 unspecified atom stereocenters. The van der Waals surface area contributed by atoms with Crippen molar-refractivity contribution in [3.05, 3.63) is 77.4 Å². The van der Waals surface area contributed by atoms with E-state index in [0.29, 0.717) is 5.69 Å². The fraction of sp³-hybridized carbons (Fsp3) is 0.227. The zero-order chi connectivity index (χ0) is 20.0. The molecule has 0 radical (unpaired) electrons. The number of nitrogens with one attached hydrogen (secondary N) is 1. The van der Waals surface area contributed by atoms with Gasteiger partial charge in [-0.15, -0.1) is 0 Å². The first-order valence-electron chi connectivity index (χ1n) is 9.49. The van der Waals surface area contributed by atoms with Gasteiger partial charge in [-0.2, -0.15) is 0 Å². The average molecular weight is 389 g/mol. The van der Waals surface area contributed by atoms with Gasteiger partial charge in [0.2, 0.25) is 0 Å². The van der Waals surface area contributed by atoms with Crippen molar-refractivity contribution in [3.8, 4) is 11.1 Å². The SMILES string of the molecule is O=C(O)[C@H]1Cc2nc[nH]c2CN1C(=O)OCC1c2ccccc2-c2ccccc21. The number of amides is 1. The summed E-state index contributed by atoms with van der Waals surface area (Å²) in [5.74, 6) is -1.13. The highest BCUT2D eigenvalue weighted by molar-refractivity contribution is 5.81. The Morgan fingerprint density at radius 1 is 1.10 bits per heavy atom. The van der Waals surface area contributed by atoms with Gasteiger partial charge in [-0.05, 0) is 22.3 Å². The van der Waals surface area contributed by atoms with Gasteiger partial charge >= 0.3 is 12.1 Å². The van der Waals surface area contributed by atoms with Crippen molar-refractivity contribution < 1.29 is 19.4 Å². The molecule has 0 fully saturated rings. The Morgan fingerprint density at radius 2 is 1.76 bits per heavy atom. The third-order valence-electron chi connectivity index (χ3n) is 5.75. The van der Waals surface area contributed by atoms with Crippen molar-refractivity contribution in [1.29, 1.82) is 0 Å². The van der Waals surface area contributed by atoms with Crippen LogP contribution in [0.15, 0.2) is 54.9 Å². The Morgan fingerprint density at radius 3 is 2.41 bits per heavy atom. The Kier molecular flexibility index (Phi) is 4.08. The first-order valence-corrected chi connectivity index (χ1v) is 9.49. The van der Waals surface area contributed by atoms with E-state index in [1.165, 1.54) is 11.2 Å². The molecule has 146 valence electrons. The summed E-state index contributed by atoms with van der Waals surface area (Å²) >= 11 is 0. The Labute approximate surface area is 167 Å². The Balaban J connectivity index is 1.38. The van der Waals surface area contributed by atoms with Crippen molar-refractivity contribution in [3.63, 3.8) is 0 Å². The molecule has 1 atom stereocenters. The summed E-state index contributed by atoms with van der Waals surface area (Å²) in [6.07, 6.45) is 1.06. The lowest BCUT2D eigenvalue weighted by molar-refractivity contribution is -0.143. The summed E-state index contributed by atoms with van der Waals surface area (Å²) < 4.78 is 5.64. The second-order valence-electron chi connectivity index (χ2n) is 7.32. The van der Waals surface area contributed by atoms with Gasteiger partial charge in [0, 0.05) is 12.3 Å². The average Bonchev–Trinajstić information content (AvgIpc) is 3.33. The van der Waals surface area contributed by atoms with Crippen molar-refractivity contribution in [1.82, 2.24) is 14.9 Å². The number of imidazole rings is 1. The maximum atomic E-state index is 12.8. The van der Waals surface area contributed by atoms with E-state index in [-0.39, 0.29) is 25.5 Å². The topological polar surface area (TPSA) is 95.5 Å². The molecule has 2 heterocycles. The number of aromatic nitrogens is 2. The van der Waals surface area contributed by atoms with Crippen LogP contribution in [0, 0.1) is 0 Å². The van der Waals surface area contributed by atoms with Crippen LogP contribution in [-0.4, -0.2) is 44.7 Å². The lowest BCUT2D eigenvalue weighted by Gasteiger charge is -2.31. The monoisotopic (exact) mass is 389 g/mol. The van der Waals surface area contributed by atoms with Gasteiger partial charge in [-0.25, -0.2) is 14.6 Å². The minimum atomic E-state index is -1.06. The van der Waals surface area contributed by atoms with Gasteiger partial charge in [0.1, 0.15) is 12.6 Å². The lowest BCUT2D eigenvalue weighted by Crippen LogP contribution is -2.49. The van der Waals surface area contributed by atoms with E-state index in [1.807, 2.05) is 36.4 Å². The van der Waals surface area contributed by atoms with E-state index in [4.69, 9.17) is 4.74 Å². The van der Waals surface area contributed by atoms with Crippen LogP contribution in [-0.2, 0) is 22.5 Å². The molecule has 1 amide bonds. The first-order chi connectivity index (χ1) is 14.1. The zero-order valence-electron chi connectivity index (χ0n) is 15.5. The number of ether oxygens (including phenoxy) is 1. The molecule has 1 aliphatic heterocycles. The molecule has 0 saturated heterocycles. The number of carboxylic acids is 1. The molecule has 1 aromatic heterocycles. The van der Waals surface area contributed by atoms with Crippen LogP contribution in [0.2, 0.25) is 0 Å². The van der Waals surface area contributed by atoms with Gasteiger partial charge in [-0.3, -0.25) is 4.90 Å². The number of carboxylic acid groups (broad SMARTS) is 1. The summed E-state index contributed by atoms with van der Waals surface area (Å²) in [7, 11) is 0. The molecule has 2 aliphatic rings. The van der Waals surface area contributed by atoms with Gasteiger partial charge in [0.05, 0.1) is 24.3 Å². The Hall–Kier alpha value is -3.61. The number of nitrogens with zero attached hydrogens (tertiary/aromatic N) is 2. The second kappa shape index (κ2) is 6.77. The van der Waals surface area contributed by atoms with Crippen LogP contribution in [0.25, 0.3) is 11.1 Å². The number of aromatic amines is 1. The van der Waals surface area contributed by atoms with Gasteiger partial charge < -0.3 is 14.8 Å². The van der Waals surface area contributed by atoms with Gasteiger partial charge in [0.15, 0.2) is 0 Å². The van der Waals surface area contributed by atoms with Gasteiger partial charge in [-0.1, -0.05) is 48.5 Å². The maximum absolute atomic E-state index is 12.8. The van der Waals surface area contributed by atoms with E-state index in [9.17, 15) is 14.7 Å². The molecular weight excluding hydrogens is 370 g/mol. The van der Waals surface area contributed by atoms with E-state index in [2.05, 4.69) is 22.1 Å². The van der Waals surface area contributed by atoms with E-state index < -0.39 is 18.1 Å². The highest BCUT2D eigenvalue weighted by Crippen LogP contribution is 2.44. The van der Waals surface area contributed by atoms with E-state index in [1.54, 1.807) is 0 Å². The number of fused-ring (bicyclic) bond motifs is 4. The molecule has 1 aliphatic carbocycles. The summed E-state index contributed by atoms with van der Waals surface area (Å²) in [6.45, 7) is 0.300. The van der Waals surface area contributed by atoms with Crippen LogP contribution in [0.4, 0.5) is 4.79 Å². The third-order valence-corrected chi connectivity index (χ3v) is 5.75. The summed E-state index contributed by atoms with van der Waals surface area (Å²) in [5.41, 5.74) is 5.95. The zero-order valence-corrected chi connectivity index (χ0v) is 15.5. The molecular formula is C22H19N3O4. The summed E-state index contributed by atoms with van der Waals surface area (Å²) in [4.78, 5) is 32.9. The minimum absolute atomic E-state index is 0.0675. The predicted molar refractivity (Wildman–Crippen MR) is 104 cm³/mol. The van der Waals surface area contributed by atoms with Crippen LogP contribution in [0.3, 0.4) is 0 Å². The number of rotatable bonds is 3. The maximum Gasteiger partial charge on any atom is 0.410 e. The van der Waals surface area contributed by atoms with Crippen LogP contribution < -0.4 is 0 Å². The normalized spacial score (nSPS) is 17.4. The third kappa shape index (κ3) is 2.86. The molecule has 0 spiro atoms. The highest BCUT2D eigenvalue weighted by atomic mass is 16.6. The van der Waals surface area contributed by atoms with Crippen molar-refractivity contribution >= 4 is 12.1 Å². The standard InChI is InChI=1S/C22H19N3O4/c26-21(27)20-9-18-19(24-12-23-18)10-25(20)22(28)29-11-17-15-7-3-1-5-13(15)14-6-2-4-8-16(14)17/h1-8,12,17,20H,9-11H2,(H,23,24)(H,26,27)/t20-/m1/s1. The smallest absolute Gasteiger partial charge is 0.410 e. The van der Waals surface area contributed by atoms with Crippen molar-refractivity contribution in [2.24, 2.45) is 0 Å². The minimum Gasteiger partial charge on any atom is -0.480 e. The fourth-order valence-electron chi connectivity index (χ4n) is 4.33. The second-order valence-corrected chi connectivity index (χ2v) is 7.32. The summed E-state index contributed by atoms with van der Waals surface area (Å²) in [5, 5.41) is 9.57. The van der Waals surface area contributed by atoms with Gasteiger partial charge in [0.25, 0.3) is 0 Å². The van der Waals surface area contributed by atoms with Crippen molar-refractivity contribution in [2.45, 2.75) is 24.9 Å². The van der Waals surface area contributed by atoms with Crippen LogP contribution in [0.1, 0.15) is 28.4 Å². The number of hydrogen-bond acceptors (Lipinski definition) is 4. The van der Waals surface area contributed by atoms with E-state index >= 15 is 0 Å². The largest absolute Gasteiger partial charge is 0.480 e. The number of carbonyl (C=O) groups excluding carboxylic acids is 1. The molecule has 0 bridgehead atoms. The van der Waals surface area contributed by atoms with Crippen LogP contribution in [0.5, 0.6) is 0 Å². The lowest BCUT2D eigenvalue weighted by atomic mass is 9.98. The molecule has 7 heteroatoms. The first kappa shape index (κ1) is 17.5. The number of H-pyrrole nitrogens is 1. The van der Waals surface area contributed by atoms with E-state index in [0.717, 1.165) is 27.9 Å². The molecule has 2 N–H and O–H groups in total. The summed E-state index contributed by atoms with van der Waals surface area (Å²) in [6, 6.07) is 15.2. The molecule has 5 rings (SSSR count). The predicted octanol–water partition coefficient (Wildman–Crippen LogP) is 3.17. The molecule has 2 aromatic carbocycles. The number of carbonyl (C=O) groups is 2. The molecule has 29 heavy (non-hydrogen) atoms. The van der Waals surface area contributed by atoms with Crippen molar-refractivity contribution in [2.75, 3.05) is 6.61 Å². The number of aliphatic carboxylic acids is 1.